The quantitative estimate of drug-likeness (QED) is 0.634. The molecule has 0 bridgehead atoms. The highest BCUT2D eigenvalue weighted by Crippen LogP contribution is 2.42. The number of rotatable bonds is 3. The molecule has 1 aromatic carbocycles. The second kappa shape index (κ2) is 6.44. The first-order valence-corrected chi connectivity index (χ1v) is 8.23. The molecule has 21 heavy (non-hydrogen) atoms. The molecule has 0 radical (unpaired) electrons. The number of nitrogens with one attached hydrogen (secondary N) is 1. The van der Waals surface area contributed by atoms with Gasteiger partial charge in [-0.2, -0.15) is 0 Å². The molecule has 3 N–H and O–H groups in total. The Morgan fingerprint density at radius 2 is 2.19 bits per heavy atom. The molecule has 110 valence electrons. The smallest absolute Gasteiger partial charge is 0.0596 e. The van der Waals surface area contributed by atoms with Crippen LogP contribution < -0.4 is 11.3 Å². The van der Waals surface area contributed by atoms with Gasteiger partial charge in [-0.15, -0.1) is 0 Å². The predicted molar refractivity (Wildman–Crippen MR) is 89.1 cm³/mol. The lowest BCUT2D eigenvalue weighted by Gasteiger charge is -2.31. The van der Waals surface area contributed by atoms with Crippen LogP contribution in [-0.4, -0.2) is 4.98 Å². The van der Waals surface area contributed by atoms with E-state index in [-0.39, 0.29) is 12.0 Å². The van der Waals surface area contributed by atoms with Crippen LogP contribution in [0, 0.1) is 0 Å². The molecule has 0 aliphatic heterocycles. The number of nitrogens with two attached hydrogens (primary N) is 1. The summed E-state index contributed by atoms with van der Waals surface area (Å²) in [4.78, 5) is 4.60. The number of hydrogen-bond acceptors (Lipinski definition) is 3. The number of aromatic nitrogens is 1. The van der Waals surface area contributed by atoms with Crippen molar-refractivity contribution in [2.24, 2.45) is 5.84 Å². The maximum absolute atomic E-state index is 6.45. The highest BCUT2D eigenvalue weighted by molar-refractivity contribution is 9.10. The first-order valence-electron chi connectivity index (χ1n) is 7.06. The van der Waals surface area contributed by atoms with Crippen molar-refractivity contribution in [3.05, 3.63) is 62.8 Å². The van der Waals surface area contributed by atoms with Crippen LogP contribution in [0.4, 0.5) is 0 Å². The van der Waals surface area contributed by atoms with Crippen LogP contribution >= 0.6 is 27.5 Å². The van der Waals surface area contributed by atoms with Gasteiger partial charge in [-0.3, -0.25) is 16.3 Å². The summed E-state index contributed by atoms with van der Waals surface area (Å²) in [5.41, 5.74) is 6.42. The van der Waals surface area contributed by atoms with Crippen molar-refractivity contribution in [2.75, 3.05) is 0 Å². The molecule has 1 heterocycles. The molecule has 0 saturated carbocycles. The van der Waals surface area contributed by atoms with E-state index in [1.807, 2.05) is 30.5 Å². The van der Waals surface area contributed by atoms with Crippen molar-refractivity contribution in [2.45, 2.75) is 31.2 Å². The Bertz CT molecular complexity index is 647. The lowest BCUT2D eigenvalue weighted by atomic mass is 9.80. The van der Waals surface area contributed by atoms with Crippen LogP contribution in [0.1, 0.15) is 41.6 Å². The molecule has 0 saturated heterocycles. The van der Waals surface area contributed by atoms with Crippen LogP contribution in [0.25, 0.3) is 0 Å². The zero-order chi connectivity index (χ0) is 14.8. The minimum Gasteiger partial charge on any atom is -0.271 e. The van der Waals surface area contributed by atoms with Crippen LogP contribution in [0.2, 0.25) is 5.02 Å². The Balaban J connectivity index is 2.04. The summed E-state index contributed by atoms with van der Waals surface area (Å²) in [6, 6.07) is 10.1. The fraction of sp³-hybridized carbons (Fsp3) is 0.312. The van der Waals surface area contributed by atoms with E-state index in [0.717, 1.165) is 35.0 Å². The SMILES string of the molecule is NNC(c1cccc(Br)c1Cl)C1CCCc2cccnc21. The molecule has 2 unspecified atom stereocenters. The van der Waals surface area contributed by atoms with Gasteiger partial charge in [0.2, 0.25) is 0 Å². The van der Waals surface area contributed by atoms with Gasteiger partial charge in [-0.1, -0.05) is 29.8 Å². The van der Waals surface area contributed by atoms with Crippen molar-refractivity contribution in [1.82, 2.24) is 10.4 Å². The number of benzene rings is 1. The fourth-order valence-corrected chi connectivity index (χ4v) is 3.78. The maximum Gasteiger partial charge on any atom is 0.0596 e. The van der Waals surface area contributed by atoms with Crippen molar-refractivity contribution < 1.29 is 0 Å². The summed E-state index contributed by atoms with van der Waals surface area (Å²) in [6.45, 7) is 0. The van der Waals surface area contributed by atoms with E-state index < -0.39 is 0 Å². The Morgan fingerprint density at radius 1 is 1.33 bits per heavy atom. The Morgan fingerprint density at radius 3 is 3.00 bits per heavy atom. The van der Waals surface area contributed by atoms with Crippen LogP contribution in [-0.2, 0) is 6.42 Å². The molecule has 5 heteroatoms. The number of hydrazine groups is 1. The summed E-state index contributed by atoms with van der Waals surface area (Å²) in [5.74, 6) is 6.10. The Kier molecular flexibility index (Phi) is 4.60. The second-order valence-electron chi connectivity index (χ2n) is 5.33. The van der Waals surface area contributed by atoms with E-state index in [1.165, 1.54) is 5.56 Å². The summed E-state index contributed by atoms with van der Waals surface area (Å²) >= 11 is 9.93. The average molecular weight is 367 g/mol. The largest absolute Gasteiger partial charge is 0.271 e. The van der Waals surface area contributed by atoms with Gasteiger partial charge >= 0.3 is 0 Å². The summed E-state index contributed by atoms with van der Waals surface area (Å²) < 4.78 is 0.888. The van der Waals surface area contributed by atoms with Gasteiger partial charge in [0.15, 0.2) is 0 Å². The standard InChI is InChI=1S/C16H17BrClN3/c17-13-8-2-6-11(14(13)18)16(21-19)12-7-1-4-10-5-3-9-20-15(10)12/h2-3,5-6,8-9,12,16,21H,1,4,7,19H2. The fourth-order valence-electron chi connectivity index (χ4n) is 3.15. The molecule has 0 amide bonds. The number of pyridine rings is 1. The van der Waals surface area contributed by atoms with Gasteiger partial charge in [-0.25, -0.2) is 0 Å². The molecule has 3 nitrogen and oxygen atoms in total. The predicted octanol–water partition coefficient (Wildman–Crippen LogP) is 4.12. The zero-order valence-electron chi connectivity index (χ0n) is 11.5. The highest BCUT2D eigenvalue weighted by Gasteiger charge is 2.30. The van der Waals surface area contributed by atoms with E-state index in [0.29, 0.717) is 5.02 Å². The van der Waals surface area contributed by atoms with Gasteiger partial charge in [0, 0.05) is 22.3 Å². The number of nitrogens with zero attached hydrogens (tertiary/aromatic N) is 1. The Hall–Kier alpha value is -0.940. The molecule has 3 rings (SSSR count). The number of hydrogen-bond donors (Lipinski definition) is 2. The lowest BCUT2D eigenvalue weighted by molar-refractivity contribution is 0.400. The monoisotopic (exact) mass is 365 g/mol. The second-order valence-corrected chi connectivity index (χ2v) is 6.57. The molecule has 0 spiro atoms. The lowest BCUT2D eigenvalue weighted by Crippen LogP contribution is -2.34. The average Bonchev–Trinajstić information content (AvgIpc) is 2.52. The zero-order valence-corrected chi connectivity index (χ0v) is 13.9. The third-order valence-corrected chi connectivity index (χ3v) is 5.45. The molecule has 1 aromatic heterocycles. The molecule has 2 aromatic rings. The minimum absolute atomic E-state index is 0.0380. The van der Waals surface area contributed by atoms with Crippen LogP contribution in [0.15, 0.2) is 41.0 Å². The molecular formula is C16H17BrClN3. The first-order chi connectivity index (χ1) is 10.2. The maximum atomic E-state index is 6.45. The van der Waals surface area contributed by atoms with Crippen molar-refractivity contribution in [3.63, 3.8) is 0 Å². The van der Waals surface area contributed by atoms with Crippen LogP contribution in [0.5, 0.6) is 0 Å². The third-order valence-electron chi connectivity index (χ3n) is 4.14. The molecule has 0 fully saturated rings. The summed E-state index contributed by atoms with van der Waals surface area (Å²) in [6.07, 6.45) is 5.14. The van der Waals surface area contributed by atoms with E-state index in [9.17, 15) is 0 Å². The highest BCUT2D eigenvalue weighted by atomic mass is 79.9. The van der Waals surface area contributed by atoms with E-state index in [1.54, 1.807) is 0 Å². The molecular weight excluding hydrogens is 350 g/mol. The number of halogens is 2. The van der Waals surface area contributed by atoms with Crippen molar-refractivity contribution in [1.29, 1.82) is 0 Å². The first kappa shape index (κ1) is 15.0. The van der Waals surface area contributed by atoms with Gasteiger partial charge < -0.3 is 0 Å². The summed E-state index contributed by atoms with van der Waals surface area (Å²) in [5, 5.41) is 0.712. The van der Waals surface area contributed by atoms with E-state index in [4.69, 9.17) is 17.4 Å². The Labute approximate surface area is 138 Å². The topological polar surface area (TPSA) is 50.9 Å². The van der Waals surface area contributed by atoms with Gasteiger partial charge in [0.05, 0.1) is 11.1 Å². The van der Waals surface area contributed by atoms with Gasteiger partial charge in [-0.05, 0) is 58.5 Å². The third kappa shape index (κ3) is 2.86. The van der Waals surface area contributed by atoms with E-state index in [2.05, 4.69) is 32.4 Å². The minimum atomic E-state index is -0.0380. The van der Waals surface area contributed by atoms with Gasteiger partial charge in [0.25, 0.3) is 0 Å². The molecule has 2 atom stereocenters. The molecule has 1 aliphatic carbocycles. The number of fused-ring (bicyclic) bond motifs is 1. The summed E-state index contributed by atoms with van der Waals surface area (Å²) in [7, 11) is 0. The van der Waals surface area contributed by atoms with Crippen molar-refractivity contribution >= 4 is 27.5 Å². The number of aryl methyl sites for hydroxylation is 1. The van der Waals surface area contributed by atoms with E-state index >= 15 is 0 Å². The van der Waals surface area contributed by atoms with Crippen LogP contribution in [0.3, 0.4) is 0 Å². The van der Waals surface area contributed by atoms with Gasteiger partial charge in [0.1, 0.15) is 0 Å². The van der Waals surface area contributed by atoms with Crippen molar-refractivity contribution in [3.8, 4) is 0 Å². The molecule has 1 aliphatic rings. The normalized spacial score (nSPS) is 19.1.